The predicted molar refractivity (Wildman–Crippen MR) is 132 cm³/mol. The summed E-state index contributed by atoms with van der Waals surface area (Å²) in [6, 6.07) is 12.4. The number of allylic oxidation sites excluding steroid dienone is 6. The van der Waals surface area contributed by atoms with Crippen LogP contribution in [-0.4, -0.2) is 20.5 Å². The van der Waals surface area contributed by atoms with Crippen LogP contribution in [0.15, 0.2) is 102 Å². The summed E-state index contributed by atoms with van der Waals surface area (Å²) >= 11 is 0. The van der Waals surface area contributed by atoms with Crippen molar-refractivity contribution in [2.24, 2.45) is 18.0 Å². The summed E-state index contributed by atoms with van der Waals surface area (Å²) in [5.41, 5.74) is 8.51. The van der Waals surface area contributed by atoms with Gasteiger partial charge in [-0.3, -0.25) is 14.7 Å². The second kappa shape index (κ2) is 8.87. The minimum absolute atomic E-state index is 0.258. The Kier molecular flexibility index (Phi) is 5.61. The normalized spacial score (nSPS) is 17.1. The van der Waals surface area contributed by atoms with Crippen molar-refractivity contribution in [1.82, 2.24) is 14.8 Å². The number of hydrogen-bond donors (Lipinski definition) is 0. The van der Waals surface area contributed by atoms with Gasteiger partial charge in [-0.05, 0) is 49.3 Å². The molecule has 0 bridgehead atoms. The lowest BCUT2D eigenvalue weighted by Gasteiger charge is -2.19. The molecule has 5 nitrogen and oxygen atoms in total. The number of rotatable bonds is 5. The highest BCUT2D eigenvalue weighted by atomic mass is 16.5. The largest absolute Gasteiger partial charge is 0.471 e. The number of aromatic nitrogens is 3. The standard InChI is InChI=1S/C28H26N4O/c1-19-6-4-5-7-27-24(19)12-13-26(30-27)22-10-8-21(9-11-22)18-33-28-25(17-32(3)31-28)23-14-15-29-20(2)16-23/h4-17,24H,18H2,1-3H3. The molecule has 0 spiro atoms. The van der Waals surface area contributed by atoms with Gasteiger partial charge in [-0.1, -0.05) is 54.1 Å². The van der Waals surface area contributed by atoms with E-state index in [1.54, 1.807) is 4.68 Å². The Bertz CT molecular complexity index is 1340. The number of nitrogens with zero attached hydrogens (tertiary/aromatic N) is 4. The Hall–Kier alpha value is -3.99. The lowest BCUT2D eigenvalue weighted by atomic mass is 9.92. The maximum Gasteiger partial charge on any atom is 0.241 e. The summed E-state index contributed by atoms with van der Waals surface area (Å²) in [7, 11) is 1.90. The van der Waals surface area contributed by atoms with Crippen LogP contribution < -0.4 is 4.74 Å². The van der Waals surface area contributed by atoms with Gasteiger partial charge in [0, 0.05) is 36.6 Å². The first-order valence-corrected chi connectivity index (χ1v) is 11.1. The first-order chi connectivity index (χ1) is 16.1. The molecule has 0 radical (unpaired) electrons. The summed E-state index contributed by atoms with van der Waals surface area (Å²) in [5.74, 6) is 0.878. The Morgan fingerprint density at radius 3 is 2.64 bits per heavy atom. The van der Waals surface area contributed by atoms with Gasteiger partial charge in [-0.25, -0.2) is 0 Å². The molecule has 33 heavy (non-hydrogen) atoms. The van der Waals surface area contributed by atoms with Crippen molar-refractivity contribution in [1.29, 1.82) is 0 Å². The van der Waals surface area contributed by atoms with Crippen LogP contribution in [0.1, 0.15) is 23.7 Å². The zero-order valence-corrected chi connectivity index (χ0v) is 19.1. The highest BCUT2D eigenvalue weighted by Gasteiger charge is 2.18. The SMILES string of the molecule is CC1=CC=CC=C2N=C(c3ccc(COc4nn(C)cc4-c4ccnc(C)c4)cc3)C=CC12. The van der Waals surface area contributed by atoms with Crippen molar-refractivity contribution >= 4 is 5.71 Å². The lowest BCUT2D eigenvalue weighted by molar-refractivity contribution is 0.292. The summed E-state index contributed by atoms with van der Waals surface area (Å²) in [5, 5.41) is 4.50. The molecular formula is C28H26N4O. The molecule has 3 aromatic rings. The fourth-order valence-electron chi connectivity index (χ4n) is 4.09. The molecule has 164 valence electrons. The molecule has 5 heteroatoms. The van der Waals surface area contributed by atoms with Crippen LogP contribution in [0.2, 0.25) is 0 Å². The summed E-state index contributed by atoms with van der Waals surface area (Å²) in [4.78, 5) is 9.19. The Morgan fingerprint density at radius 1 is 1.00 bits per heavy atom. The van der Waals surface area contributed by atoms with Crippen LogP contribution in [0, 0.1) is 12.8 Å². The summed E-state index contributed by atoms with van der Waals surface area (Å²) < 4.78 is 7.88. The quantitative estimate of drug-likeness (QED) is 0.514. The monoisotopic (exact) mass is 434 g/mol. The Morgan fingerprint density at radius 2 is 1.82 bits per heavy atom. The van der Waals surface area contributed by atoms with Crippen molar-refractivity contribution in [2.75, 3.05) is 0 Å². The average molecular weight is 435 g/mol. The molecule has 0 fully saturated rings. The molecule has 0 saturated carbocycles. The van der Waals surface area contributed by atoms with Crippen LogP contribution in [0.3, 0.4) is 0 Å². The van der Waals surface area contributed by atoms with E-state index in [1.807, 2.05) is 38.5 Å². The van der Waals surface area contributed by atoms with E-state index in [1.165, 1.54) is 5.57 Å². The molecule has 0 saturated heterocycles. The van der Waals surface area contributed by atoms with Crippen molar-refractivity contribution in [3.8, 4) is 17.0 Å². The topological polar surface area (TPSA) is 52.3 Å². The highest BCUT2D eigenvalue weighted by molar-refractivity contribution is 6.10. The van der Waals surface area contributed by atoms with Gasteiger partial charge in [0.2, 0.25) is 5.88 Å². The second-order valence-electron chi connectivity index (χ2n) is 8.41. The first kappa shape index (κ1) is 20.9. The zero-order chi connectivity index (χ0) is 22.8. The minimum Gasteiger partial charge on any atom is -0.471 e. The van der Waals surface area contributed by atoms with Gasteiger partial charge in [0.15, 0.2) is 0 Å². The van der Waals surface area contributed by atoms with E-state index in [0.717, 1.165) is 39.4 Å². The van der Waals surface area contributed by atoms with Gasteiger partial charge < -0.3 is 4.74 Å². The molecule has 0 N–H and O–H groups in total. The summed E-state index contributed by atoms with van der Waals surface area (Å²) in [6.07, 6.45) is 16.5. The molecule has 1 aromatic carbocycles. The molecule has 1 unspecified atom stereocenters. The van der Waals surface area contributed by atoms with Gasteiger partial charge in [-0.15, -0.1) is 5.10 Å². The maximum atomic E-state index is 6.10. The van der Waals surface area contributed by atoms with E-state index in [9.17, 15) is 0 Å². The molecule has 2 aliphatic rings. The third-order valence-electron chi connectivity index (χ3n) is 5.87. The number of pyridine rings is 1. The lowest BCUT2D eigenvalue weighted by Crippen LogP contribution is -2.10. The fraction of sp³-hybridized carbons (Fsp3) is 0.179. The average Bonchev–Trinajstić information content (AvgIpc) is 3.10. The van der Waals surface area contributed by atoms with Gasteiger partial charge in [0.1, 0.15) is 6.61 Å². The minimum atomic E-state index is 0.258. The van der Waals surface area contributed by atoms with Crippen LogP contribution in [0.25, 0.3) is 11.1 Å². The van der Waals surface area contributed by atoms with Gasteiger partial charge in [-0.2, -0.15) is 0 Å². The van der Waals surface area contributed by atoms with Crippen molar-refractivity contribution in [2.45, 2.75) is 20.5 Å². The van der Waals surface area contributed by atoms with Crippen molar-refractivity contribution < 1.29 is 4.74 Å². The molecular weight excluding hydrogens is 408 g/mol. The maximum absolute atomic E-state index is 6.10. The number of benzene rings is 1. The zero-order valence-electron chi connectivity index (χ0n) is 19.1. The van der Waals surface area contributed by atoms with E-state index in [0.29, 0.717) is 12.5 Å². The van der Waals surface area contributed by atoms with Crippen LogP contribution in [0.5, 0.6) is 5.88 Å². The second-order valence-corrected chi connectivity index (χ2v) is 8.41. The van der Waals surface area contributed by atoms with E-state index >= 15 is 0 Å². The third kappa shape index (κ3) is 4.48. The number of dihydropyridines is 1. The van der Waals surface area contributed by atoms with E-state index in [4.69, 9.17) is 9.73 Å². The number of aliphatic imine (C=N–C) groups is 1. The molecule has 1 aliphatic heterocycles. The Labute approximate surface area is 194 Å². The number of ether oxygens (including phenoxy) is 1. The van der Waals surface area contributed by atoms with E-state index in [2.05, 4.69) is 77.7 Å². The highest BCUT2D eigenvalue weighted by Crippen LogP contribution is 2.30. The van der Waals surface area contributed by atoms with Crippen molar-refractivity contribution in [3.63, 3.8) is 0 Å². The van der Waals surface area contributed by atoms with Crippen LogP contribution in [-0.2, 0) is 13.7 Å². The molecule has 2 aromatic heterocycles. The molecule has 0 amide bonds. The molecule has 3 heterocycles. The molecule has 1 atom stereocenters. The van der Waals surface area contributed by atoms with Crippen molar-refractivity contribution in [3.05, 3.63) is 113 Å². The number of aryl methyl sites for hydroxylation is 2. The van der Waals surface area contributed by atoms with Crippen LogP contribution >= 0.6 is 0 Å². The van der Waals surface area contributed by atoms with E-state index < -0.39 is 0 Å². The smallest absolute Gasteiger partial charge is 0.241 e. The Balaban J connectivity index is 1.31. The van der Waals surface area contributed by atoms with E-state index in [-0.39, 0.29) is 5.92 Å². The summed E-state index contributed by atoms with van der Waals surface area (Å²) in [6.45, 7) is 4.57. The van der Waals surface area contributed by atoms with Gasteiger partial charge >= 0.3 is 0 Å². The number of hydrogen-bond acceptors (Lipinski definition) is 4. The predicted octanol–water partition coefficient (Wildman–Crippen LogP) is 5.74. The van der Waals surface area contributed by atoms with Crippen LogP contribution in [0.4, 0.5) is 0 Å². The fourth-order valence-corrected chi connectivity index (χ4v) is 4.09. The van der Waals surface area contributed by atoms with Gasteiger partial charge in [0.25, 0.3) is 0 Å². The number of fused-ring (bicyclic) bond motifs is 1. The molecule has 1 aliphatic carbocycles. The first-order valence-electron chi connectivity index (χ1n) is 11.1. The third-order valence-corrected chi connectivity index (χ3v) is 5.87. The molecule has 5 rings (SSSR count). The van der Waals surface area contributed by atoms with Gasteiger partial charge in [0.05, 0.1) is 17.0 Å².